The average molecular weight is 296 g/mol. The van der Waals surface area contributed by atoms with Gasteiger partial charge in [0.2, 0.25) is 0 Å². The third-order valence-corrected chi connectivity index (χ3v) is 4.68. The van der Waals surface area contributed by atoms with E-state index in [4.69, 9.17) is 0 Å². The highest BCUT2D eigenvalue weighted by molar-refractivity contribution is 7.99. The van der Waals surface area contributed by atoms with E-state index in [1.54, 1.807) is 0 Å². The number of allylic oxidation sites excluding steroid dienone is 1. The van der Waals surface area contributed by atoms with Crippen LogP contribution in [0.15, 0.2) is 73.3 Å². The van der Waals surface area contributed by atoms with Crippen LogP contribution in [-0.2, 0) is 4.79 Å². The van der Waals surface area contributed by atoms with Crippen molar-refractivity contribution in [2.24, 2.45) is 0 Å². The van der Waals surface area contributed by atoms with Crippen LogP contribution in [0.4, 0.5) is 0 Å². The lowest BCUT2D eigenvalue weighted by Gasteiger charge is -2.25. The molecule has 0 spiro atoms. The van der Waals surface area contributed by atoms with Gasteiger partial charge in [0.15, 0.2) is 5.78 Å². The molecule has 0 N–H and O–H groups in total. The molecule has 0 saturated carbocycles. The predicted octanol–water partition coefficient (Wildman–Crippen LogP) is 5.02. The second-order valence-electron chi connectivity index (χ2n) is 4.78. The topological polar surface area (TPSA) is 17.1 Å². The highest BCUT2D eigenvalue weighted by Crippen LogP contribution is 2.42. The molecule has 0 aliphatic heterocycles. The lowest BCUT2D eigenvalue weighted by Crippen LogP contribution is -2.17. The monoisotopic (exact) mass is 296 g/mol. The second kappa shape index (κ2) is 7.84. The number of ketones is 1. The summed E-state index contributed by atoms with van der Waals surface area (Å²) in [4.78, 5) is 12.5. The van der Waals surface area contributed by atoms with E-state index in [1.165, 1.54) is 11.6 Å². The molecule has 0 radical (unpaired) electrons. The minimum atomic E-state index is -0.184. The number of carbonyl (C=O) groups is 1. The Morgan fingerprint density at radius 3 is 2.05 bits per heavy atom. The summed E-state index contributed by atoms with van der Waals surface area (Å²) in [5.74, 6) is 0.861. The minimum absolute atomic E-state index is 0.0796. The van der Waals surface area contributed by atoms with Crippen LogP contribution >= 0.6 is 11.8 Å². The first-order valence-corrected chi connectivity index (χ1v) is 8.20. The van der Waals surface area contributed by atoms with Gasteiger partial charge in [0.1, 0.15) is 0 Å². The second-order valence-corrected chi connectivity index (χ2v) is 6.20. The van der Waals surface area contributed by atoms with Gasteiger partial charge in [-0.2, -0.15) is 11.8 Å². The first-order chi connectivity index (χ1) is 10.3. The molecule has 2 aromatic carbocycles. The molecule has 2 heteroatoms. The Labute approximate surface area is 131 Å². The summed E-state index contributed by atoms with van der Waals surface area (Å²) >= 11 is 1.81. The molecule has 0 amide bonds. The van der Waals surface area contributed by atoms with Gasteiger partial charge in [0.05, 0.1) is 5.92 Å². The van der Waals surface area contributed by atoms with Crippen LogP contribution in [0.3, 0.4) is 0 Å². The number of rotatable bonds is 7. The van der Waals surface area contributed by atoms with Gasteiger partial charge in [-0.05, 0) is 23.0 Å². The molecule has 2 unspecified atom stereocenters. The largest absolute Gasteiger partial charge is 0.294 e. The van der Waals surface area contributed by atoms with Crippen molar-refractivity contribution in [2.75, 3.05) is 5.75 Å². The summed E-state index contributed by atoms with van der Waals surface area (Å²) in [5.41, 5.74) is 2.24. The van der Waals surface area contributed by atoms with Crippen molar-refractivity contribution in [3.8, 4) is 0 Å². The van der Waals surface area contributed by atoms with Gasteiger partial charge in [0.25, 0.3) is 0 Å². The zero-order valence-electron chi connectivity index (χ0n) is 12.2. The SMILES string of the molecule is C=CC(=O)C(c1ccccc1)C(SCC)c1ccccc1. The van der Waals surface area contributed by atoms with Crippen molar-refractivity contribution in [1.82, 2.24) is 0 Å². The van der Waals surface area contributed by atoms with Crippen LogP contribution in [0.2, 0.25) is 0 Å². The molecule has 0 aliphatic carbocycles. The summed E-state index contributed by atoms with van der Waals surface area (Å²) in [5, 5.41) is 0.115. The molecule has 0 fully saturated rings. The van der Waals surface area contributed by atoms with E-state index < -0.39 is 0 Å². The fourth-order valence-corrected chi connectivity index (χ4v) is 3.68. The molecular weight excluding hydrogens is 276 g/mol. The van der Waals surface area contributed by atoms with Crippen molar-refractivity contribution < 1.29 is 4.79 Å². The highest BCUT2D eigenvalue weighted by Gasteiger charge is 2.29. The van der Waals surface area contributed by atoms with Crippen molar-refractivity contribution in [1.29, 1.82) is 0 Å². The predicted molar refractivity (Wildman–Crippen MR) is 91.7 cm³/mol. The van der Waals surface area contributed by atoms with Crippen LogP contribution in [0.1, 0.15) is 29.2 Å². The fourth-order valence-electron chi connectivity index (χ4n) is 2.48. The molecule has 21 heavy (non-hydrogen) atoms. The van der Waals surface area contributed by atoms with Gasteiger partial charge < -0.3 is 0 Å². The lowest BCUT2D eigenvalue weighted by molar-refractivity contribution is -0.116. The molecule has 0 heterocycles. The van der Waals surface area contributed by atoms with Gasteiger partial charge in [-0.15, -0.1) is 0 Å². The van der Waals surface area contributed by atoms with E-state index >= 15 is 0 Å². The van der Waals surface area contributed by atoms with Crippen LogP contribution in [0.25, 0.3) is 0 Å². The van der Waals surface area contributed by atoms with E-state index in [0.717, 1.165) is 11.3 Å². The maximum atomic E-state index is 12.5. The van der Waals surface area contributed by atoms with Crippen LogP contribution < -0.4 is 0 Å². The van der Waals surface area contributed by atoms with Crippen molar-refractivity contribution >= 4 is 17.5 Å². The van der Waals surface area contributed by atoms with E-state index in [2.05, 4.69) is 25.6 Å². The molecule has 0 aromatic heterocycles. The third-order valence-electron chi connectivity index (χ3n) is 3.44. The molecular formula is C19H20OS. The van der Waals surface area contributed by atoms with Gasteiger partial charge in [0, 0.05) is 5.25 Å². The number of hydrogen-bond acceptors (Lipinski definition) is 2. The van der Waals surface area contributed by atoms with Gasteiger partial charge in [-0.3, -0.25) is 4.79 Å². The van der Waals surface area contributed by atoms with Gasteiger partial charge in [-0.25, -0.2) is 0 Å². The summed E-state index contributed by atoms with van der Waals surface area (Å²) < 4.78 is 0. The third kappa shape index (κ3) is 3.85. The maximum absolute atomic E-state index is 12.5. The van der Waals surface area contributed by atoms with E-state index in [9.17, 15) is 4.79 Å². The van der Waals surface area contributed by atoms with Crippen LogP contribution in [0.5, 0.6) is 0 Å². The summed E-state index contributed by atoms with van der Waals surface area (Å²) in [6.45, 7) is 5.81. The Morgan fingerprint density at radius 2 is 1.57 bits per heavy atom. The maximum Gasteiger partial charge on any atom is 0.163 e. The van der Waals surface area contributed by atoms with E-state index in [-0.39, 0.29) is 17.0 Å². The molecule has 108 valence electrons. The Morgan fingerprint density at radius 1 is 1.05 bits per heavy atom. The summed E-state index contributed by atoms with van der Waals surface area (Å²) in [7, 11) is 0. The number of benzene rings is 2. The number of carbonyl (C=O) groups excluding carboxylic acids is 1. The zero-order valence-corrected chi connectivity index (χ0v) is 13.1. The standard InChI is InChI=1S/C19H20OS/c1-3-17(20)18(15-11-7-5-8-12-15)19(21-4-2)16-13-9-6-10-14-16/h3,5-14,18-19H,1,4H2,2H3. The van der Waals surface area contributed by atoms with Crippen LogP contribution in [-0.4, -0.2) is 11.5 Å². The molecule has 0 bridgehead atoms. The van der Waals surface area contributed by atoms with Gasteiger partial charge in [-0.1, -0.05) is 74.2 Å². The molecule has 0 saturated heterocycles. The molecule has 1 nitrogen and oxygen atoms in total. The minimum Gasteiger partial charge on any atom is -0.294 e. The van der Waals surface area contributed by atoms with E-state index in [1.807, 2.05) is 60.3 Å². The molecule has 0 aliphatic rings. The fraction of sp³-hybridized carbons (Fsp3) is 0.211. The Kier molecular flexibility index (Phi) is 5.82. The first kappa shape index (κ1) is 15.6. The number of hydrogen-bond donors (Lipinski definition) is 0. The molecule has 2 rings (SSSR count). The summed E-state index contributed by atoms with van der Waals surface area (Å²) in [6, 6.07) is 20.2. The van der Waals surface area contributed by atoms with Crippen LogP contribution in [0, 0.1) is 0 Å². The quantitative estimate of drug-likeness (QED) is 0.667. The first-order valence-electron chi connectivity index (χ1n) is 7.15. The lowest BCUT2D eigenvalue weighted by atomic mass is 9.88. The van der Waals surface area contributed by atoms with E-state index in [0.29, 0.717) is 0 Å². The average Bonchev–Trinajstić information content (AvgIpc) is 2.56. The zero-order chi connectivity index (χ0) is 15.1. The Balaban J connectivity index is 2.46. The Bertz CT molecular complexity index is 577. The summed E-state index contributed by atoms with van der Waals surface area (Å²) in [6.07, 6.45) is 1.45. The normalized spacial score (nSPS) is 13.4. The smallest absolute Gasteiger partial charge is 0.163 e. The van der Waals surface area contributed by atoms with Crippen molar-refractivity contribution in [3.63, 3.8) is 0 Å². The molecule has 2 atom stereocenters. The Hall–Kier alpha value is -1.80. The molecule has 2 aromatic rings. The van der Waals surface area contributed by atoms with Crippen molar-refractivity contribution in [3.05, 3.63) is 84.4 Å². The number of thioether (sulfide) groups is 1. The highest BCUT2D eigenvalue weighted by atomic mass is 32.2. The van der Waals surface area contributed by atoms with Crippen molar-refractivity contribution in [2.45, 2.75) is 18.1 Å². The van der Waals surface area contributed by atoms with Gasteiger partial charge >= 0.3 is 0 Å².